The molecule has 0 spiro atoms. The van der Waals surface area contributed by atoms with Crippen molar-refractivity contribution in [3.8, 4) is 5.88 Å². The molecule has 0 aliphatic rings. The number of carbonyl (C=O) groups is 1. The van der Waals surface area contributed by atoms with Crippen LogP contribution in [0.3, 0.4) is 0 Å². The summed E-state index contributed by atoms with van der Waals surface area (Å²) >= 11 is 5.88. The molecule has 0 saturated heterocycles. The number of amides is 1. The zero-order valence-corrected chi connectivity index (χ0v) is 11.3. The van der Waals surface area contributed by atoms with Crippen molar-refractivity contribution in [1.82, 2.24) is 15.3 Å². The molecule has 6 nitrogen and oxygen atoms in total. The topological polar surface area (TPSA) is 73.3 Å². The molecule has 0 radical (unpaired) electrons. The number of ether oxygens (including phenoxy) is 2. The van der Waals surface area contributed by atoms with Gasteiger partial charge in [-0.1, -0.05) is 18.5 Å². The Labute approximate surface area is 111 Å². The standard InChI is InChI=1S/C11H16ClN3O3/c1-4-7(5-17-2)15-10(16)8-9(12)13-6-14-11(8)18-3/h6-7H,4-5H2,1-3H3,(H,15,16). The summed E-state index contributed by atoms with van der Waals surface area (Å²) in [5, 5.41) is 2.85. The van der Waals surface area contributed by atoms with Crippen LogP contribution in [0.15, 0.2) is 6.33 Å². The van der Waals surface area contributed by atoms with Crippen molar-refractivity contribution in [2.24, 2.45) is 0 Å². The highest BCUT2D eigenvalue weighted by atomic mass is 35.5. The number of carbonyl (C=O) groups excluding carboxylic acids is 1. The maximum atomic E-state index is 12.1. The zero-order chi connectivity index (χ0) is 13.5. The molecule has 1 amide bonds. The van der Waals surface area contributed by atoms with Crippen molar-refractivity contribution in [2.45, 2.75) is 19.4 Å². The smallest absolute Gasteiger partial charge is 0.260 e. The van der Waals surface area contributed by atoms with Crippen LogP contribution in [0.2, 0.25) is 5.15 Å². The van der Waals surface area contributed by atoms with Crippen LogP contribution in [0.1, 0.15) is 23.7 Å². The van der Waals surface area contributed by atoms with Crippen LogP contribution in [0.5, 0.6) is 5.88 Å². The van der Waals surface area contributed by atoms with Crippen LogP contribution in [0.4, 0.5) is 0 Å². The van der Waals surface area contributed by atoms with E-state index in [0.29, 0.717) is 6.61 Å². The quantitative estimate of drug-likeness (QED) is 0.791. The maximum Gasteiger partial charge on any atom is 0.260 e. The van der Waals surface area contributed by atoms with Gasteiger partial charge in [-0.25, -0.2) is 9.97 Å². The van der Waals surface area contributed by atoms with E-state index in [1.54, 1.807) is 7.11 Å². The summed E-state index contributed by atoms with van der Waals surface area (Å²) in [6.07, 6.45) is 1.98. The number of aromatic nitrogens is 2. The predicted octanol–water partition coefficient (Wildman–Crippen LogP) is 1.29. The highest BCUT2D eigenvalue weighted by Crippen LogP contribution is 2.21. The monoisotopic (exact) mass is 273 g/mol. The average Bonchev–Trinajstić information content (AvgIpc) is 2.37. The largest absolute Gasteiger partial charge is 0.480 e. The molecule has 0 saturated carbocycles. The first-order valence-corrected chi connectivity index (χ1v) is 5.86. The maximum absolute atomic E-state index is 12.1. The molecule has 1 rings (SSSR count). The van der Waals surface area contributed by atoms with Gasteiger partial charge in [0.1, 0.15) is 17.0 Å². The Morgan fingerprint density at radius 1 is 1.50 bits per heavy atom. The van der Waals surface area contributed by atoms with Gasteiger partial charge in [0.25, 0.3) is 5.91 Å². The number of halogens is 1. The van der Waals surface area contributed by atoms with Crippen LogP contribution in [-0.4, -0.2) is 42.7 Å². The van der Waals surface area contributed by atoms with Crippen molar-refractivity contribution >= 4 is 17.5 Å². The van der Waals surface area contributed by atoms with Crippen molar-refractivity contribution < 1.29 is 14.3 Å². The molecule has 1 atom stereocenters. The van der Waals surface area contributed by atoms with Gasteiger partial charge in [0.15, 0.2) is 0 Å². The van der Waals surface area contributed by atoms with E-state index < -0.39 is 0 Å². The van der Waals surface area contributed by atoms with Crippen LogP contribution in [-0.2, 0) is 4.74 Å². The van der Waals surface area contributed by atoms with E-state index in [4.69, 9.17) is 21.1 Å². The highest BCUT2D eigenvalue weighted by molar-refractivity contribution is 6.33. The summed E-state index contributed by atoms with van der Waals surface area (Å²) < 4.78 is 10.0. The van der Waals surface area contributed by atoms with Crippen molar-refractivity contribution in [3.63, 3.8) is 0 Å². The van der Waals surface area contributed by atoms with E-state index >= 15 is 0 Å². The average molecular weight is 274 g/mol. The SMILES string of the molecule is CCC(COC)NC(=O)c1c(Cl)ncnc1OC. The third-order valence-electron chi connectivity index (χ3n) is 2.38. The molecule has 0 aromatic carbocycles. The third-order valence-corrected chi connectivity index (χ3v) is 2.67. The van der Waals surface area contributed by atoms with Crippen LogP contribution < -0.4 is 10.1 Å². The Balaban J connectivity index is 2.89. The fraction of sp³-hybridized carbons (Fsp3) is 0.545. The van der Waals surface area contributed by atoms with Gasteiger partial charge in [-0.3, -0.25) is 4.79 Å². The van der Waals surface area contributed by atoms with Gasteiger partial charge in [0, 0.05) is 7.11 Å². The Kier molecular flexibility index (Phi) is 5.80. The van der Waals surface area contributed by atoms with Gasteiger partial charge >= 0.3 is 0 Å². The summed E-state index contributed by atoms with van der Waals surface area (Å²) in [5.74, 6) is -0.221. The third kappa shape index (κ3) is 3.54. The Hall–Kier alpha value is -1.40. The minimum atomic E-state index is -0.374. The summed E-state index contributed by atoms with van der Waals surface area (Å²) in [5.41, 5.74) is 0.135. The normalized spacial score (nSPS) is 12.0. The number of nitrogens with zero attached hydrogens (tertiary/aromatic N) is 2. The van der Waals surface area contributed by atoms with E-state index in [1.165, 1.54) is 13.4 Å². The first-order valence-electron chi connectivity index (χ1n) is 5.48. The number of methoxy groups -OCH3 is 2. The second-order valence-electron chi connectivity index (χ2n) is 3.58. The molecular formula is C11H16ClN3O3. The molecule has 18 heavy (non-hydrogen) atoms. The van der Waals surface area contributed by atoms with Crippen LogP contribution >= 0.6 is 11.6 Å². The molecule has 1 unspecified atom stereocenters. The highest BCUT2D eigenvalue weighted by Gasteiger charge is 2.21. The molecule has 1 aromatic heterocycles. The number of rotatable bonds is 6. The predicted molar refractivity (Wildman–Crippen MR) is 67.0 cm³/mol. The number of nitrogens with one attached hydrogen (secondary N) is 1. The lowest BCUT2D eigenvalue weighted by Gasteiger charge is -2.16. The van der Waals surface area contributed by atoms with Gasteiger partial charge in [-0.2, -0.15) is 0 Å². The lowest BCUT2D eigenvalue weighted by atomic mass is 10.2. The molecule has 0 bridgehead atoms. The molecule has 1 heterocycles. The van der Waals surface area contributed by atoms with Crippen LogP contribution in [0, 0.1) is 0 Å². The summed E-state index contributed by atoms with van der Waals surface area (Å²) in [7, 11) is 3.00. The van der Waals surface area contributed by atoms with Gasteiger partial charge in [0.05, 0.1) is 19.8 Å². The first-order chi connectivity index (χ1) is 8.63. The van der Waals surface area contributed by atoms with Gasteiger partial charge in [0.2, 0.25) is 5.88 Å². The molecule has 0 fully saturated rings. The summed E-state index contributed by atoms with van der Waals surface area (Å²) in [4.78, 5) is 19.7. The van der Waals surface area contributed by atoms with Gasteiger partial charge in [-0.05, 0) is 6.42 Å². The Morgan fingerprint density at radius 2 is 2.22 bits per heavy atom. The fourth-order valence-corrected chi connectivity index (χ4v) is 1.63. The van der Waals surface area contributed by atoms with E-state index in [9.17, 15) is 4.79 Å². The molecule has 1 N–H and O–H groups in total. The second kappa shape index (κ2) is 7.13. The van der Waals surface area contributed by atoms with E-state index in [0.717, 1.165) is 6.42 Å². The van der Waals surface area contributed by atoms with Gasteiger partial charge in [-0.15, -0.1) is 0 Å². The summed E-state index contributed by atoms with van der Waals surface area (Å²) in [6.45, 7) is 2.38. The Morgan fingerprint density at radius 3 is 2.78 bits per heavy atom. The minimum absolute atomic E-state index is 0.0617. The fourth-order valence-electron chi connectivity index (χ4n) is 1.42. The molecule has 7 heteroatoms. The molecule has 0 aliphatic heterocycles. The zero-order valence-electron chi connectivity index (χ0n) is 10.6. The molecule has 0 aliphatic carbocycles. The first kappa shape index (κ1) is 14.7. The van der Waals surface area contributed by atoms with Crippen molar-refractivity contribution in [1.29, 1.82) is 0 Å². The minimum Gasteiger partial charge on any atom is -0.480 e. The molecule has 100 valence electrons. The second-order valence-corrected chi connectivity index (χ2v) is 3.94. The van der Waals surface area contributed by atoms with Gasteiger partial charge < -0.3 is 14.8 Å². The van der Waals surface area contributed by atoms with E-state index in [-0.39, 0.29) is 28.5 Å². The van der Waals surface area contributed by atoms with Crippen molar-refractivity contribution in [3.05, 3.63) is 17.0 Å². The van der Waals surface area contributed by atoms with Crippen molar-refractivity contribution in [2.75, 3.05) is 20.8 Å². The lowest BCUT2D eigenvalue weighted by molar-refractivity contribution is 0.0890. The number of hydrogen-bond acceptors (Lipinski definition) is 5. The van der Waals surface area contributed by atoms with Crippen LogP contribution in [0.25, 0.3) is 0 Å². The van der Waals surface area contributed by atoms with E-state index in [1.807, 2.05) is 6.92 Å². The lowest BCUT2D eigenvalue weighted by Crippen LogP contribution is -2.38. The molecular weight excluding hydrogens is 258 g/mol. The van der Waals surface area contributed by atoms with E-state index in [2.05, 4.69) is 15.3 Å². The Bertz CT molecular complexity index is 415. The summed E-state index contributed by atoms with van der Waals surface area (Å²) in [6, 6.07) is -0.0940. The molecule has 1 aromatic rings. The number of hydrogen-bond donors (Lipinski definition) is 1.